The third-order valence-electron chi connectivity index (χ3n) is 5.17. The minimum absolute atomic E-state index is 0.00159. The third-order valence-corrected chi connectivity index (χ3v) is 5.17. The highest BCUT2D eigenvalue weighted by atomic mass is 16.6. The van der Waals surface area contributed by atoms with Gasteiger partial charge in [-0.15, -0.1) is 0 Å². The van der Waals surface area contributed by atoms with Crippen molar-refractivity contribution >= 4 is 29.3 Å². The Bertz CT molecular complexity index is 1100. The van der Waals surface area contributed by atoms with Crippen molar-refractivity contribution in [2.24, 2.45) is 11.5 Å². The van der Waals surface area contributed by atoms with E-state index in [1.807, 2.05) is 0 Å². The van der Waals surface area contributed by atoms with Gasteiger partial charge in [-0.1, -0.05) is 24.3 Å². The molecule has 0 spiro atoms. The number of hydrogen-bond acceptors (Lipinski definition) is 8. The van der Waals surface area contributed by atoms with Crippen LogP contribution in [0.1, 0.15) is 18.1 Å². The van der Waals surface area contributed by atoms with Gasteiger partial charge in [0.05, 0.1) is 17.5 Å². The predicted molar refractivity (Wildman–Crippen MR) is 128 cm³/mol. The Labute approximate surface area is 206 Å². The van der Waals surface area contributed by atoms with E-state index in [-0.39, 0.29) is 24.3 Å². The van der Waals surface area contributed by atoms with E-state index in [0.717, 1.165) is 5.56 Å². The van der Waals surface area contributed by atoms with Crippen LogP contribution in [0.3, 0.4) is 0 Å². The summed E-state index contributed by atoms with van der Waals surface area (Å²) in [4.78, 5) is 58.7. The maximum Gasteiger partial charge on any atom is 0.269 e. The fourth-order valence-electron chi connectivity index (χ4n) is 3.14. The van der Waals surface area contributed by atoms with Gasteiger partial charge < -0.3 is 32.5 Å². The number of non-ortho nitro benzene ring substituents is 1. The second-order valence-electron chi connectivity index (χ2n) is 8.08. The highest BCUT2D eigenvalue weighted by Gasteiger charge is 2.22. The van der Waals surface area contributed by atoms with Crippen molar-refractivity contribution in [2.75, 3.05) is 6.54 Å². The molecule has 0 radical (unpaired) electrons. The first-order chi connectivity index (χ1) is 17.0. The molecule has 0 aliphatic rings. The molecule has 0 aliphatic carbocycles. The van der Waals surface area contributed by atoms with Gasteiger partial charge in [-0.05, 0) is 36.6 Å². The van der Waals surface area contributed by atoms with Gasteiger partial charge in [0.1, 0.15) is 17.8 Å². The largest absolute Gasteiger partial charge is 0.508 e. The van der Waals surface area contributed by atoms with Crippen molar-refractivity contribution in [2.45, 2.75) is 37.9 Å². The van der Waals surface area contributed by atoms with Crippen LogP contribution in [0.5, 0.6) is 5.75 Å². The van der Waals surface area contributed by atoms with Crippen LogP contribution in [0.25, 0.3) is 0 Å². The number of amides is 4. The lowest BCUT2D eigenvalue weighted by Crippen LogP contribution is -2.53. The number of carbonyl (C=O) groups is 4. The second-order valence-corrected chi connectivity index (χ2v) is 8.08. The molecule has 3 atom stereocenters. The van der Waals surface area contributed by atoms with E-state index in [9.17, 15) is 34.4 Å². The number of phenols is 1. The molecule has 192 valence electrons. The monoisotopic (exact) mass is 500 g/mol. The number of nitrogens with two attached hydrogens (primary N) is 2. The number of primary amides is 1. The first-order valence-corrected chi connectivity index (χ1v) is 10.9. The molecule has 2 aromatic rings. The molecule has 8 N–H and O–H groups in total. The van der Waals surface area contributed by atoms with Gasteiger partial charge in [-0.2, -0.15) is 0 Å². The average molecular weight is 501 g/mol. The van der Waals surface area contributed by atoms with E-state index in [2.05, 4.69) is 16.0 Å². The molecule has 2 rings (SSSR count). The predicted octanol–water partition coefficient (Wildman–Crippen LogP) is -0.996. The number of benzene rings is 2. The van der Waals surface area contributed by atoms with Gasteiger partial charge in [-0.3, -0.25) is 29.3 Å². The Hall–Kier alpha value is -4.52. The van der Waals surface area contributed by atoms with E-state index >= 15 is 0 Å². The van der Waals surface area contributed by atoms with Crippen molar-refractivity contribution < 1.29 is 29.2 Å². The molecule has 0 aliphatic heterocycles. The van der Waals surface area contributed by atoms with Gasteiger partial charge in [0.25, 0.3) is 5.69 Å². The number of nitro groups is 1. The minimum Gasteiger partial charge on any atom is -0.508 e. The first-order valence-electron chi connectivity index (χ1n) is 10.9. The zero-order valence-electron chi connectivity index (χ0n) is 19.5. The van der Waals surface area contributed by atoms with Crippen LogP contribution in [0, 0.1) is 10.1 Å². The molecule has 0 fully saturated rings. The lowest BCUT2D eigenvalue weighted by atomic mass is 10.0. The Morgan fingerprint density at radius 2 is 1.50 bits per heavy atom. The molecule has 36 heavy (non-hydrogen) atoms. The normalized spacial score (nSPS) is 13.1. The first kappa shape index (κ1) is 27.7. The molecule has 2 aromatic carbocycles. The van der Waals surface area contributed by atoms with Crippen molar-refractivity contribution in [3.8, 4) is 5.75 Å². The molecule has 0 saturated heterocycles. The number of nitrogens with one attached hydrogen (secondary N) is 3. The summed E-state index contributed by atoms with van der Waals surface area (Å²) in [5, 5.41) is 27.3. The summed E-state index contributed by atoms with van der Waals surface area (Å²) in [6.07, 6.45) is 0.185. The molecular weight excluding hydrogens is 472 g/mol. The van der Waals surface area contributed by atoms with Crippen molar-refractivity contribution in [3.63, 3.8) is 0 Å². The lowest BCUT2D eigenvalue weighted by molar-refractivity contribution is -0.384. The Balaban J connectivity index is 1.81. The summed E-state index contributed by atoms with van der Waals surface area (Å²) in [7, 11) is 0. The van der Waals surface area contributed by atoms with Crippen molar-refractivity contribution in [1.29, 1.82) is 0 Å². The SMILES string of the molecule is C[C@@H](NC(=O)[C@@H](N)Cc1ccc(O)cc1)C(=O)NCC(=O)N[C@@H](Cc1ccc([N+](=O)[O-])cc1)C(N)=O. The number of nitro benzene ring substituents is 1. The summed E-state index contributed by atoms with van der Waals surface area (Å²) in [5.41, 5.74) is 12.4. The van der Waals surface area contributed by atoms with Gasteiger partial charge in [-0.25, -0.2) is 0 Å². The number of aromatic hydroxyl groups is 1. The van der Waals surface area contributed by atoms with Crippen molar-refractivity contribution in [1.82, 2.24) is 16.0 Å². The Morgan fingerprint density at radius 1 is 0.944 bits per heavy atom. The van der Waals surface area contributed by atoms with E-state index in [1.54, 1.807) is 12.1 Å². The number of carbonyl (C=O) groups excluding carboxylic acids is 4. The zero-order valence-corrected chi connectivity index (χ0v) is 19.5. The highest BCUT2D eigenvalue weighted by molar-refractivity contribution is 5.93. The summed E-state index contributed by atoms with van der Waals surface area (Å²) in [6, 6.07) is 8.56. The molecule has 13 nitrogen and oxygen atoms in total. The van der Waals surface area contributed by atoms with Crippen LogP contribution in [0.15, 0.2) is 48.5 Å². The molecule has 0 unspecified atom stereocenters. The number of phenolic OH excluding ortho intramolecular Hbond substituents is 1. The maximum atomic E-state index is 12.3. The standard InChI is InChI=1S/C23H28N6O7/c1-13(27-23(34)18(24)10-14-4-8-17(30)9-5-14)22(33)26-12-20(31)28-19(21(25)32)11-15-2-6-16(7-3-15)29(35)36/h2-9,13,18-19,30H,10-12,24H2,1H3,(H2,25,32)(H,26,33)(H,27,34)(H,28,31)/t13-,18+,19+/m1/s1. The number of hydrogen-bond donors (Lipinski definition) is 6. The minimum atomic E-state index is -1.11. The molecule has 4 amide bonds. The summed E-state index contributed by atoms with van der Waals surface area (Å²) >= 11 is 0. The second kappa shape index (κ2) is 12.8. The quantitative estimate of drug-likeness (QED) is 0.156. The van der Waals surface area contributed by atoms with E-state index < -0.39 is 53.2 Å². The molecular formula is C23H28N6O7. The van der Waals surface area contributed by atoms with Crippen LogP contribution >= 0.6 is 0 Å². The van der Waals surface area contributed by atoms with Crippen LogP contribution in [0.4, 0.5) is 5.69 Å². The highest BCUT2D eigenvalue weighted by Crippen LogP contribution is 2.13. The summed E-state index contributed by atoms with van der Waals surface area (Å²) in [6.45, 7) is 0.932. The van der Waals surface area contributed by atoms with E-state index in [1.165, 1.54) is 43.3 Å². The Kier molecular flexibility index (Phi) is 9.86. The number of rotatable bonds is 12. The van der Waals surface area contributed by atoms with Gasteiger partial charge in [0.2, 0.25) is 23.6 Å². The van der Waals surface area contributed by atoms with Crippen LogP contribution in [0.2, 0.25) is 0 Å². The topological polar surface area (TPSA) is 220 Å². The average Bonchev–Trinajstić information content (AvgIpc) is 2.83. The molecule has 0 bridgehead atoms. The Morgan fingerprint density at radius 3 is 2.06 bits per heavy atom. The van der Waals surface area contributed by atoms with Crippen LogP contribution in [-0.4, -0.2) is 58.3 Å². The van der Waals surface area contributed by atoms with Crippen LogP contribution < -0.4 is 27.4 Å². The number of nitrogens with zero attached hydrogens (tertiary/aromatic N) is 1. The zero-order chi connectivity index (χ0) is 26.8. The molecule has 0 aromatic heterocycles. The fraction of sp³-hybridized carbons (Fsp3) is 0.304. The molecule has 0 saturated carbocycles. The van der Waals surface area contributed by atoms with Crippen molar-refractivity contribution in [3.05, 3.63) is 69.8 Å². The van der Waals surface area contributed by atoms with E-state index in [4.69, 9.17) is 11.5 Å². The summed E-state index contributed by atoms with van der Waals surface area (Å²) < 4.78 is 0. The van der Waals surface area contributed by atoms with Gasteiger partial charge in [0, 0.05) is 18.6 Å². The van der Waals surface area contributed by atoms with E-state index in [0.29, 0.717) is 5.56 Å². The van der Waals surface area contributed by atoms with Gasteiger partial charge >= 0.3 is 0 Å². The maximum absolute atomic E-state index is 12.3. The van der Waals surface area contributed by atoms with Gasteiger partial charge in [0.15, 0.2) is 0 Å². The molecule has 0 heterocycles. The third kappa shape index (κ3) is 8.68. The summed E-state index contributed by atoms with van der Waals surface area (Å²) in [5.74, 6) is -2.67. The fourth-order valence-corrected chi connectivity index (χ4v) is 3.14. The van der Waals surface area contributed by atoms with Crippen LogP contribution in [-0.2, 0) is 32.0 Å². The lowest BCUT2D eigenvalue weighted by Gasteiger charge is -2.18. The smallest absolute Gasteiger partial charge is 0.269 e. The molecule has 13 heteroatoms.